The molecule has 0 aliphatic carbocycles. The molecular weight excluding hydrogens is 468 g/mol. The molecule has 2 aliphatic heterocycles. The van der Waals surface area contributed by atoms with Crippen LogP contribution < -0.4 is 4.74 Å². The highest BCUT2D eigenvalue weighted by Gasteiger charge is 2.24. The molecule has 190 valence electrons. The van der Waals surface area contributed by atoms with Crippen molar-refractivity contribution in [3.8, 4) is 5.75 Å². The molecular formula is C29H36N4O2S. The number of hydrogen-bond acceptors (Lipinski definition) is 6. The van der Waals surface area contributed by atoms with Crippen molar-refractivity contribution in [2.45, 2.75) is 32.4 Å². The van der Waals surface area contributed by atoms with Crippen LogP contribution in [0.5, 0.6) is 5.75 Å². The van der Waals surface area contributed by atoms with E-state index in [1.165, 1.54) is 11.1 Å². The van der Waals surface area contributed by atoms with Crippen LogP contribution in [0.2, 0.25) is 0 Å². The maximum atomic E-state index is 12.7. The molecule has 0 spiro atoms. The number of likely N-dealkylation sites (tertiary alicyclic amines) is 1. The van der Waals surface area contributed by atoms with E-state index in [1.807, 2.05) is 40.9 Å². The molecule has 4 heterocycles. The Bertz CT molecular complexity index is 1070. The summed E-state index contributed by atoms with van der Waals surface area (Å²) < 4.78 is 6.13. The number of carbonyl (C=O) groups is 1. The second-order valence-corrected chi connectivity index (χ2v) is 11.0. The predicted octanol–water partition coefficient (Wildman–Crippen LogP) is 4.32. The minimum atomic E-state index is 0.240. The molecule has 5 rings (SSSR count). The molecule has 2 fully saturated rings. The van der Waals surface area contributed by atoms with Crippen LogP contribution in [0.15, 0.2) is 66.3 Å². The molecule has 2 aromatic heterocycles. The number of amides is 1. The molecule has 2 saturated heterocycles. The summed E-state index contributed by atoms with van der Waals surface area (Å²) in [6.45, 7) is 8.64. The summed E-state index contributed by atoms with van der Waals surface area (Å²) in [5.41, 5.74) is 2.61. The molecule has 1 amide bonds. The number of piperazine rings is 1. The Balaban J connectivity index is 1.02. The lowest BCUT2D eigenvalue weighted by Crippen LogP contribution is -2.45. The van der Waals surface area contributed by atoms with Gasteiger partial charge in [0.1, 0.15) is 5.75 Å². The Kier molecular flexibility index (Phi) is 8.64. The summed E-state index contributed by atoms with van der Waals surface area (Å²) in [4.78, 5) is 25.1. The van der Waals surface area contributed by atoms with Crippen LogP contribution in [-0.4, -0.2) is 71.5 Å². The molecule has 0 bridgehead atoms. The fourth-order valence-corrected chi connectivity index (χ4v) is 5.82. The van der Waals surface area contributed by atoms with Gasteiger partial charge in [0.15, 0.2) is 0 Å². The van der Waals surface area contributed by atoms with Crippen molar-refractivity contribution >= 4 is 17.2 Å². The van der Waals surface area contributed by atoms with Crippen molar-refractivity contribution in [1.29, 1.82) is 0 Å². The lowest BCUT2D eigenvalue weighted by Gasteiger charge is -2.34. The second kappa shape index (κ2) is 12.5. The number of aromatic nitrogens is 1. The van der Waals surface area contributed by atoms with Crippen LogP contribution in [0.4, 0.5) is 0 Å². The van der Waals surface area contributed by atoms with Crippen molar-refractivity contribution in [3.63, 3.8) is 0 Å². The van der Waals surface area contributed by atoms with E-state index in [-0.39, 0.29) is 5.91 Å². The number of nitrogens with zero attached hydrogens (tertiary/aromatic N) is 4. The van der Waals surface area contributed by atoms with Gasteiger partial charge in [-0.05, 0) is 53.6 Å². The topological polar surface area (TPSA) is 48.9 Å². The average molecular weight is 505 g/mol. The van der Waals surface area contributed by atoms with Crippen LogP contribution in [0.1, 0.15) is 28.8 Å². The molecule has 0 unspecified atom stereocenters. The Morgan fingerprint density at radius 1 is 0.944 bits per heavy atom. The lowest BCUT2D eigenvalue weighted by molar-refractivity contribution is -0.132. The third kappa shape index (κ3) is 7.15. The van der Waals surface area contributed by atoms with Gasteiger partial charge in [0, 0.05) is 75.5 Å². The van der Waals surface area contributed by atoms with E-state index in [0.717, 1.165) is 75.8 Å². The van der Waals surface area contributed by atoms with E-state index in [4.69, 9.17) is 4.74 Å². The first-order valence-electron chi connectivity index (χ1n) is 13.1. The number of hydrogen-bond donors (Lipinski definition) is 0. The van der Waals surface area contributed by atoms with Crippen LogP contribution in [0, 0.1) is 5.92 Å². The van der Waals surface area contributed by atoms with Crippen molar-refractivity contribution in [1.82, 2.24) is 19.7 Å². The highest BCUT2D eigenvalue weighted by molar-refractivity contribution is 7.10. The molecule has 36 heavy (non-hydrogen) atoms. The van der Waals surface area contributed by atoms with Crippen molar-refractivity contribution in [2.24, 2.45) is 5.92 Å². The standard InChI is InChI=1S/C29H36N4O2S/c34-29(18-28-6-3-17-36-28)33-12-2-5-26(22-33)23-35-27-9-7-24(8-10-27)20-31-13-15-32(16-14-31)21-25-4-1-11-30-19-25/h1,3-4,6-11,17,19,26H,2,5,12-16,18,20-23H2/t26-/m0/s1. The van der Waals surface area contributed by atoms with Crippen LogP contribution in [0.3, 0.4) is 0 Å². The van der Waals surface area contributed by atoms with E-state index in [9.17, 15) is 4.79 Å². The fraction of sp³-hybridized carbons (Fsp3) is 0.448. The van der Waals surface area contributed by atoms with E-state index in [2.05, 4.69) is 45.1 Å². The van der Waals surface area contributed by atoms with Gasteiger partial charge in [-0.25, -0.2) is 0 Å². The van der Waals surface area contributed by atoms with Gasteiger partial charge < -0.3 is 9.64 Å². The lowest BCUT2D eigenvalue weighted by atomic mass is 9.98. The van der Waals surface area contributed by atoms with Gasteiger partial charge >= 0.3 is 0 Å². The Hall–Kier alpha value is -2.74. The Morgan fingerprint density at radius 3 is 2.42 bits per heavy atom. The quantitative estimate of drug-likeness (QED) is 0.434. The van der Waals surface area contributed by atoms with Crippen molar-refractivity contribution in [2.75, 3.05) is 45.9 Å². The highest BCUT2D eigenvalue weighted by Crippen LogP contribution is 2.21. The molecule has 0 saturated carbocycles. The number of carbonyl (C=O) groups excluding carboxylic acids is 1. The van der Waals surface area contributed by atoms with Gasteiger partial charge in [0.05, 0.1) is 13.0 Å². The minimum Gasteiger partial charge on any atom is -0.493 e. The van der Waals surface area contributed by atoms with E-state index >= 15 is 0 Å². The first-order chi connectivity index (χ1) is 17.7. The third-order valence-corrected chi connectivity index (χ3v) is 8.06. The monoisotopic (exact) mass is 504 g/mol. The maximum absolute atomic E-state index is 12.7. The number of ether oxygens (including phenoxy) is 1. The van der Waals surface area contributed by atoms with Gasteiger partial charge in [-0.2, -0.15) is 0 Å². The summed E-state index contributed by atoms with van der Waals surface area (Å²) in [7, 11) is 0. The van der Waals surface area contributed by atoms with E-state index in [0.29, 0.717) is 18.9 Å². The fourth-order valence-electron chi connectivity index (χ4n) is 5.12. The van der Waals surface area contributed by atoms with Gasteiger partial charge in [-0.15, -0.1) is 11.3 Å². The molecule has 0 N–H and O–H groups in total. The number of benzene rings is 1. The molecule has 7 heteroatoms. The summed E-state index contributed by atoms with van der Waals surface area (Å²) in [5.74, 6) is 1.56. The van der Waals surface area contributed by atoms with Gasteiger partial charge in [-0.1, -0.05) is 24.3 Å². The maximum Gasteiger partial charge on any atom is 0.227 e. The molecule has 3 aromatic rings. The zero-order chi connectivity index (χ0) is 24.6. The summed E-state index contributed by atoms with van der Waals surface area (Å²) in [6, 6.07) is 16.8. The Labute approximate surface area is 218 Å². The molecule has 1 atom stereocenters. The summed E-state index contributed by atoms with van der Waals surface area (Å²) in [6.07, 6.45) is 6.49. The van der Waals surface area contributed by atoms with Crippen LogP contribution in [0.25, 0.3) is 0 Å². The highest BCUT2D eigenvalue weighted by atomic mass is 32.1. The normalized spacial score (nSPS) is 19.3. The number of rotatable bonds is 9. The molecule has 6 nitrogen and oxygen atoms in total. The number of pyridine rings is 1. The summed E-state index contributed by atoms with van der Waals surface area (Å²) in [5, 5.41) is 2.03. The first kappa shape index (κ1) is 24.9. The largest absolute Gasteiger partial charge is 0.493 e. The SMILES string of the molecule is O=C(Cc1cccs1)N1CCC[C@H](COc2ccc(CN3CCN(Cc4cccnc4)CC3)cc2)C1. The molecule has 0 radical (unpaired) electrons. The van der Waals surface area contributed by atoms with Gasteiger partial charge in [0.2, 0.25) is 5.91 Å². The predicted molar refractivity (Wildman–Crippen MR) is 144 cm³/mol. The molecule has 2 aliphatic rings. The number of thiophene rings is 1. The zero-order valence-electron chi connectivity index (χ0n) is 20.9. The minimum absolute atomic E-state index is 0.240. The van der Waals surface area contributed by atoms with Crippen LogP contribution >= 0.6 is 11.3 Å². The van der Waals surface area contributed by atoms with Gasteiger partial charge in [0.25, 0.3) is 0 Å². The zero-order valence-corrected chi connectivity index (χ0v) is 21.7. The van der Waals surface area contributed by atoms with Gasteiger partial charge in [-0.3, -0.25) is 19.6 Å². The summed E-state index contributed by atoms with van der Waals surface area (Å²) >= 11 is 1.66. The third-order valence-electron chi connectivity index (χ3n) is 7.19. The molecule has 1 aromatic carbocycles. The van der Waals surface area contributed by atoms with Crippen LogP contribution in [-0.2, 0) is 24.3 Å². The Morgan fingerprint density at radius 2 is 1.72 bits per heavy atom. The van der Waals surface area contributed by atoms with Crippen molar-refractivity contribution in [3.05, 3.63) is 82.3 Å². The number of piperidine rings is 1. The van der Waals surface area contributed by atoms with E-state index < -0.39 is 0 Å². The van der Waals surface area contributed by atoms with Crippen molar-refractivity contribution < 1.29 is 9.53 Å². The smallest absolute Gasteiger partial charge is 0.227 e. The van der Waals surface area contributed by atoms with E-state index in [1.54, 1.807) is 11.3 Å². The second-order valence-electron chi connectivity index (χ2n) is 9.97. The first-order valence-corrected chi connectivity index (χ1v) is 13.9. The average Bonchev–Trinajstić information content (AvgIpc) is 3.43.